The number of alkyl halides is 3. The predicted molar refractivity (Wildman–Crippen MR) is 55.1 cm³/mol. The van der Waals surface area contributed by atoms with Crippen LogP contribution < -0.4 is 4.74 Å². The molecule has 1 rings (SSSR count). The molecule has 0 aliphatic heterocycles. The Labute approximate surface area is 92.7 Å². The van der Waals surface area contributed by atoms with Crippen molar-refractivity contribution in [2.24, 2.45) is 0 Å². The van der Waals surface area contributed by atoms with E-state index in [4.69, 9.17) is 5.11 Å². The van der Waals surface area contributed by atoms with Crippen molar-refractivity contribution in [3.05, 3.63) is 29.3 Å². The zero-order chi connectivity index (χ0) is 12.8. The lowest BCUT2D eigenvalue weighted by Crippen LogP contribution is -2.17. The summed E-state index contributed by atoms with van der Waals surface area (Å²) in [5, 5.41) is 8.80. The molecule has 2 nitrogen and oxygen atoms in total. The van der Waals surface area contributed by atoms with Crippen LogP contribution in [0.4, 0.5) is 13.2 Å². The van der Waals surface area contributed by atoms with E-state index in [0.717, 1.165) is 5.56 Å². The van der Waals surface area contributed by atoms with Crippen LogP contribution in [0.5, 0.6) is 5.75 Å². The van der Waals surface area contributed by atoms with Crippen molar-refractivity contribution >= 4 is 0 Å². The number of aliphatic hydroxyl groups excluding tert-OH is 1. The van der Waals surface area contributed by atoms with Gasteiger partial charge in [0.05, 0.1) is 6.61 Å². The standard InChI is InChI=1S/C9H9F3O2.C2H6/c1-6-2-3-8(4-7(6)5-13)14-9(10,11)12;1-2/h2-4,13H,5H2,1H3;1-2H3. The molecule has 0 fully saturated rings. The molecule has 16 heavy (non-hydrogen) atoms. The summed E-state index contributed by atoms with van der Waals surface area (Å²) in [6.07, 6.45) is -4.69. The molecule has 1 N–H and O–H groups in total. The molecule has 0 bridgehead atoms. The summed E-state index contributed by atoms with van der Waals surface area (Å²) in [7, 11) is 0. The van der Waals surface area contributed by atoms with Gasteiger partial charge in [-0.05, 0) is 30.2 Å². The topological polar surface area (TPSA) is 29.5 Å². The minimum Gasteiger partial charge on any atom is -0.406 e. The molecule has 0 aliphatic rings. The van der Waals surface area contributed by atoms with Crippen LogP contribution in [0.25, 0.3) is 0 Å². The van der Waals surface area contributed by atoms with E-state index in [2.05, 4.69) is 4.74 Å². The van der Waals surface area contributed by atoms with Crippen molar-refractivity contribution < 1.29 is 23.0 Å². The first kappa shape index (κ1) is 14.8. The maximum Gasteiger partial charge on any atom is 0.573 e. The second-order valence-corrected chi connectivity index (χ2v) is 2.79. The number of aliphatic hydroxyl groups is 1. The van der Waals surface area contributed by atoms with Crippen LogP contribution in [-0.2, 0) is 6.61 Å². The number of hydrogen-bond acceptors (Lipinski definition) is 2. The smallest absolute Gasteiger partial charge is 0.406 e. The van der Waals surface area contributed by atoms with E-state index >= 15 is 0 Å². The lowest BCUT2D eigenvalue weighted by Gasteiger charge is -2.10. The minimum atomic E-state index is -4.69. The Balaban J connectivity index is 0.00000106. The lowest BCUT2D eigenvalue weighted by atomic mass is 10.1. The summed E-state index contributed by atoms with van der Waals surface area (Å²) in [5.41, 5.74) is 1.15. The number of hydrogen-bond donors (Lipinski definition) is 1. The van der Waals surface area contributed by atoms with E-state index in [1.807, 2.05) is 13.8 Å². The van der Waals surface area contributed by atoms with Crippen molar-refractivity contribution in [3.63, 3.8) is 0 Å². The van der Waals surface area contributed by atoms with Crippen LogP contribution in [0, 0.1) is 6.92 Å². The molecule has 92 valence electrons. The van der Waals surface area contributed by atoms with E-state index in [9.17, 15) is 13.2 Å². The zero-order valence-electron chi connectivity index (χ0n) is 9.43. The van der Waals surface area contributed by atoms with Gasteiger partial charge >= 0.3 is 6.36 Å². The van der Waals surface area contributed by atoms with Crippen molar-refractivity contribution in [3.8, 4) is 5.75 Å². The highest BCUT2D eigenvalue weighted by Gasteiger charge is 2.31. The summed E-state index contributed by atoms with van der Waals surface area (Å²) in [6, 6.07) is 3.84. The molecule has 0 spiro atoms. The summed E-state index contributed by atoms with van der Waals surface area (Å²) in [5.74, 6) is -0.313. The number of ether oxygens (including phenoxy) is 1. The highest BCUT2D eigenvalue weighted by molar-refractivity contribution is 5.34. The SMILES string of the molecule is CC.Cc1ccc(OC(F)(F)F)cc1CO. The average Bonchev–Trinajstić information content (AvgIpc) is 2.22. The number of rotatable bonds is 2. The van der Waals surface area contributed by atoms with Gasteiger partial charge in [0.25, 0.3) is 0 Å². The molecule has 0 atom stereocenters. The van der Waals surface area contributed by atoms with Gasteiger partial charge in [-0.1, -0.05) is 19.9 Å². The normalized spacial score (nSPS) is 10.4. The highest BCUT2D eigenvalue weighted by Crippen LogP contribution is 2.24. The number of halogens is 3. The molecular formula is C11H15F3O2. The second-order valence-electron chi connectivity index (χ2n) is 2.79. The van der Waals surface area contributed by atoms with Gasteiger partial charge in [0.15, 0.2) is 0 Å². The molecule has 0 saturated carbocycles. The van der Waals surface area contributed by atoms with Crippen LogP contribution in [0.15, 0.2) is 18.2 Å². The number of aryl methyl sites for hydroxylation is 1. The van der Waals surface area contributed by atoms with Crippen molar-refractivity contribution in [2.75, 3.05) is 0 Å². The van der Waals surface area contributed by atoms with E-state index in [1.165, 1.54) is 18.2 Å². The first-order valence-corrected chi connectivity index (χ1v) is 4.88. The van der Waals surface area contributed by atoms with Crippen LogP contribution in [0.1, 0.15) is 25.0 Å². The molecule has 1 aromatic rings. The Hall–Kier alpha value is -1.23. The van der Waals surface area contributed by atoms with E-state index in [-0.39, 0.29) is 12.4 Å². The van der Waals surface area contributed by atoms with Gasteiger partial charge in [0.2, 0.25) is 0 Å². The van der Waals surface area contributed by atoms with Gasteiger partial charge in [-0.15, -0.1) is 13.2 Å². The largest absolute Gasteiger partial charge is 0.573 e. The van der Waals surface area contributed by atoms with Crippen LogP contribution in [0.3, 0.4) is 0 Å². The van der Waals surface area contributed by atoms with Gasteiger partial charge in [-0.3, -0.25) is 0 Å². The molecule has 5 heteroatoms. The first-order valence-electron chi connectivity index (χ1n) is 4.88. The van der Waals surface area contributed by atoms with Crippen molar-refractivity contribution in [1.29, 1.82) is 0 Å². The second kappa shape index (κ2) is 6.37. The molecule has 0 unspecified atom stereocenters. The third-order valence-corrected chi connectivity index (χ3v) is 1.72. The van der Waals surface area contributed by atoms with Gasteiger partial charge in [0, 0.05) is 0 Å². The fourth-order valence-electron chi connectivity index (χ4n) is 1.02. The van der Waals surface area contributed by atoms with Gasteiger partial charge in [-0.2, -0.15) is 0 Å². The van der Waals surface area contributed by atoms with Crippen LogP contribution in [0.2, 0.25) is 0 Å². The summed E-state index contributed by atoms with van der Waals surface area (Å²) >= 11 is 0. The highest BCUT2D eigenvalue weighted by atomic mass is 19.4. The summed E-state index contributed by atoms with van der Waals surface area (Å²) < 4.78 is 39.1. The van der Waals surface area contributed by atoms with Gasteiger partial charge < -0.3 is 9.84 Å². The quantitative estimate of drug-likeness (QED) is 0.852. The Kier molecular flexibility index (Phi) is 5.88. The molecule has 1 aromatic carbocycles. The molecule has 0 saturated heterocycles. The molecule has 0 heterocycles. The Morgan fingerprint density at radius 1 is 1.25 bits per heavy atom. The summed E-state index contributed by atoms with van der Waals surface area (Å²) in [6.45, 7) is 5.39. The average molecular weight is 236 g/mol. The van der Waals surface area contributed by atoms with E-state index in [1.54, 1.807) is 6.92 Å². The van der Waals surface area contributed by atoms with Crippen LogP contribution in [-0.4, -0.2) is 11.5 Å². The summed E-state index contributed by atoms with van der Waals surface area (Å²) in [4.78, 5) is 0. The third-order valence-electron chi connectivity index (χ3n) is 1.72. The molecule has 0 aromatic heterocycles. The predicted octanol–water partition coefficient (Wildman–Crippen LogP) is 3.41. The Morgan fingerprint density at radius 3 is 2.25 bits per heavy atom. The van der Waals surface area contributed by atoms with E-state index in [0.29, 0.717) is 5.56 Å². The van der Waals surface area contributed by atoms with Crippen LogP contribution >= 0.6 is 0 Å². The monoisotopic (exact) mass is 236 g/mol. The maximum atomic E-state index is 11.8. The molecule has 0 radical (unpaired) electrons. The third kappa shape index (κ3) is 5.02. The molecular weight excluding hydrogens is 221 g/mol. The molecule has 0 amide bonds. The van der Waals surface area contributed by atoms with E-state index < -0.39 is 6.36 Å². The van der Waals surface area contributed by atoms with Gasteiger partial charge in [0.1, 0.15) is 5.75 Å². The van der Waals surface area contributed by atoms with Crippen molar-refractivity contribution in [1.82, 2.24) is 0 Å². The Bertz CT molecular complexity index is 321. The Morgan fingerprint density at radius 2 is 1.81 bits per heavy atom. The maximum absolute atomic E-state index is 11.8. The lowest BCUT2D eigenvalue weighted by molar-refractivity contribution is -0.274. The minimum absolute atomic E-state index is 0.305. The zero-order valence-corrected chi connectivity index (χ0v) is 9.43. The first-order chi connectivity index (χ1) is 7.42. The van der Waals surface area contributed by atoms with Gasteiger partial charge in [-0.25, -0.2) is 0 Å². The number of benzene rings is 1. The van der Waals surface area contributed by atoms with Crippen molar-refractivity contribution in [2.45, 2.75) is 33.7 Å². The fraction of sp³-hybridized carbons (Fsp3) is 0.455. The molecule has 0 aliphatic carbocycles. The fourth-order valence-corrected chi connectivity index (χ4v) is 1.02.